The third-order valence-electron chi connectivity index (χ3n) is 14.3. The van der Waals surface area contributed by atoms with Crippen molar-refractivity contribution < 1.29 is 47.0 Å². The van der Waals surface area contributed by atoms with Gasteiger partial charge in [0, 0.05) is 54.8 Å². The molecule has 0 saturated carbocycles. The van der Waals surface area contributed by atoms with Gasteiger partial charge in [-0.25, -0.2) is 14.8 Å². The molecule has 2 saturated heterocycles. The summed E-state index contributed by atoms with van der Waals surface area (Å²) in [5.74, 6) is -2.62. The predicted octanol–water partition coefficient (Wildman–Crippen LogP) is 9.20. The number of nitrogens with one attached hydrogen (secondary N) is 3. The molecule has 0 aliphatic carbocycles. The molecule has 4 aromatic carbocycles. The van der Waals surface area contributed by atoms with Crippen LogP contribution in [0.3, 0.4) is 0 Å². The van der Waals surface area contributed by atoms with E-state index in [0.717, 1.165) is 57.6 Å². The van der Waals surface area contributed by atoms with Crippen LogP contribution < -0.4 is 25.6 Å². The first-order valence-electron chi connectivity index (χ1n) is 24.5. The van der Waals surface area contributed by atoms with Crippen LogP contribution in [-0.2, 0) is 40.6 Å². The fraction of sp³-hybridized carbons (Fsp3) is 0.333. The Morgan fingerprint density at radius 1 is 0.919 bits per heavy atom. The molecule has 74 heavy (non-hydrogen) atoms. The first-order valence-corrected chi connectivity index (χ1v) is 25.3. The number of ether oxygens (including phenoxy) is 1. The average Bonchev–Trinajstić information content (AvgIpc) is 3.94. The summed E-state index contributed by atoms with van der Waals surface area (Å²) in [7, 11) is 1.77. The second-order valence-corrected chi connectivity index (χ2v) is 20.2. The number of anilines is 3. The summed E-state index contributed by atoms with van der Waals surface area (Å²) >= 11 is 1.36. The molecule has 16 nitrogen and oxygen atoms in total. The molecule has 3 aliphatic rings. The topological polar surface area (TPSA) is 201 Å². The van der Waals surface area contributed by atoms with Crippen LogP contribution in [0.1, 0.15) is 94.6 Å². The fourth-order valence-electron chi connectivity index (χ4n) is 10.5. The number of amides is 4. The molecule has 0 radical (unpaired) electrons. The van der Waals surface area contributed by atoms with Crippen molar-refractivity contribution in [3.05, 3.63) is 125 Å². The van der Waals surface area contributed by atoms with Gasteiger partial charge in [-0.2, -0.15) is 18.3 Å². The number of aromatic carboxylic acids is 1. The molecule has 3 aliphatic heterocycles. The molecule has 1 unspecified atom stereocenters. The van der Waals surface area contributed by atoms with Crippen molar-refractivity contribution in [2.24, 2.45) is 13.0 Å². The number of carboxylic acids is 1. The Morgan fingerprint density at radius 3 is 2.53 bits per heavy atom. The van der Waals surface area contributed by atoms with E-state index in [1.165, 1.54) is 35.6 Å². The minimum absolute atomic E-state index is 0.00369. The summed E-state index contributed by atoms with van der Waals surface area (Å²) in [5, 5.41) is 24.4. The summed E-state index contributed by atoms with van der Waals surface area (Å²) in [6, 6.07) is 24.9. The number of likely N-dealkylation sites (tertiary alicyclic amines) is 1. The molecule has 6 heterocycles. The van der Waals surface area contributed by atoms with E-state index in [2.05, 4.69) is 42.8 Å². The van der Waals surface area contributed by atoms with Gasteiger partial charge in [0.1, 0.15) is 11.6 Å². The van der Waals surface area contributed by atoms with Crippen LogP contribution in [0.25, 0.3) is 32.2 Å². The number of nitrogens with zero attached hydrogens (tertiary/aromatic N) is 6. The third kappa shape index (κ3) is 10.5. The average molecular weight is 1030 g/mol. The zero-order valence-corrected chi connectivity index (χ0v) is 41.3. The van der Waals surface area contributed by atoms with Crippen LogP contribution in [0.5, 0.6) is 5.75 Å². The number of carboxylic acid groups (broad SMARTS) is 1. The van der Waals surface area contributed by atoms with Gasteiger partial charge in [0.05, 0.1) is 46.1 Å². The van der Waals surface area contributed by atoms with Crippen molar-refractivity contribution >= 4 is 78.7 Å². The minimum Gasteiger partial charge on any atom is -0.494 e. The number of rotatable bonds is 14. The van der Waals surface area contributed by atoms with Crippen molar-refractivity contribution in [3.8, 4) is 16.9 Å². The fourth-order valence-corrected chi connectivity index (χ4v) is 11.4. The largest absolute Gasteiger partial charge is 0.494 e. The quantitative estimate of drug-likeness (QED) is 0.0596. The van der Waals surface area contributed by atoms with E-state index in [0.29, 0.717) is 60.3 Å². The molecule has 4 amide bonds. The van der Waals surface area contributed by atoms with Gasteiger partial charge in [-0.05, 0) is 135 Å². The zero-order valence-electron chi connectivity index (χ0n) is 40.5. The number of benzene rings is 4. The Balaban J connectivity index is 0.733. The van der Waals surface area contributed by atoms with E-state index in [1.54, 1.807) is 23.9 Å². The molecule has 3 atom stereocenters. The molecule has 2 fully saturated rings. The highest BCUT2D eigenvalue weighted by Crippen LogP contribution is 2.41. The number of carbonyl (C=O) groups excluding carboxylic acids is 4. The number of imide groups is 1. The summed E-state index contributed by atoms with van der Waals surface area (Å²) in [6.45, 7) is 3.78. The standard InChI is InChI=1S/C54H52F3N9O7S/c1-30-25-31(20-22-65(30)29-47(68)58-33-12-14-38-43(26-33)64(2)63-48(38)39-17-19-46(67)61-51(39)70)7-6-24-73-34-13-15-35(41(27-34)54(55,56)57)36-16-18-45(60-49(36)52(71)72)66-23-21-32-8-5-9-37(40(32)28-66)50(69)62-53-59-42-10-3-4-11-44(42)74-53/h3-5,8-16,18,26-27,30-31,39H,6-7,17,19-25,28-29H2,1-2H3,(H,58,68)(H,71,72)(H,59,62,69)(H,61,67,70)/t30-,31+,39?/m0/s1. The number of piperidine rings is 2. The van der Waals surface area contributed by atoms with E-state index in [1.807, 2.05) is 53.4 Å². The lowest BCUT2D eigenvalue weighted by Gasteiger charge is -2.37. The molecule has 20 heteroatoms. The van der Waals surface area contributed by atoms with Crippen LogP contribution in [-0.4, -0.2) is 91.6 Å². The van der Waals surface area contributed by atoms with Gasteiger partial charge in [0.25, 0.3) is 5.91 Å². The smallest absolute Gasteiger partial charge is 0.417 e. The van der Waals surface area contributed by atoms with Crippen molar-refractivity contribution in [1.82, 2.24) is 30.0 Å². The number of carbonyl (C=O) groups is 5. The normalized spacial score (nSPS) is 18.3. The van der Waals surface area contributed by atoms with Gasteiger partial charge < -0.3 is 20.1 Å². The van der Waals surface area contributed by atoms with Crippen molar-refractivity contribution in [3.63, 3.8) is 0 Å². The summed E-state index contributed by atoms with van der Waals surface area (Å²) < 4.78 is 52.8. The Kier molecular flexibility index (Phi) is 13.9. The predicted molar refractivity (Wildman–Crippen MR) is 273 cm³/mol. The summed E-state index contributed by atoms with van der Waals surface area (Å²) in [6.07, 6.45) is -0.661. The summed E-state index contributed by atoms with van der Waals surface area (Å²) in [5.41, 5.74) is 2.68. The number of thiazole rings is 1. The molecule has 382 valence electrons. The maximum atomic E-state index is 14.8. The molecule has 3 aromatic heterocycles. The lowest BCUT2D eigenvalue weighted by Crippen LogP contribution is -2.44. The van der Waals surface area contributed by atoms with Crippen molar-refractivity contribution in [2.45, 2.75) is 76.6 Å². The Labute approximate surface area is 426 Å². The molecule has 7 aromatic rings. The SMILES string of the molecule is C[C@H]1C[C@H](CCCOc2ccc(-c3ccc(N4CCc5cccc(C(=O)Nc6nc7ccccc7s6)c5C4)nc3C(=O)O)c(C(F)(F)F)c2)CCN1CC(=O)Nc1ccc2c(C3CCC(=O)NC3=O)nn(C)c2c1. The molecule has 4 N–H and O–H groups in total. The van der Waals surface area contributed by atoms with Crippen LogP contribution in [0.2, 0.25) is 0 Å². The first-order chi connectivity index (χ1) is 35.6. The van der Waals surface area contributed by atoms with Crippen LogP contribution >= 0.6 is 11.3 Å². The summed E-state index contributed by atoms with van der Waals surface area (Å²) in [4.78, 5) is 76.6. The highest BCUT2D eigenvalue weighted by Gasteiger charge is 2.37. The van der Waals surface area contributed by atoms with Crippen LogP contribution in [0, 0.1) is 5.92 Å². The Hall–Kier alpha value is -7.71. The second kappa shape index (κ2) is 20.7. The number of halogens is 3. The maximum absolute atomic E-state index is 14.8. The number of alkyl halides is 3. The monoisotopic (exact) mass is 1030 g/mol. The number of aromatic nitrogens is 4. The van der Waals surface area contributed by atoms with E-state index >= 15 is 0 Å². The third-order valence-corrected chi connectivity index (χ3v) is 15.2. The maximum Gasteiger partial charge on any atom is 0.417 e. The number of hydrogen-bond acceptors (Lipinski definition) is 12. The molecule has 0 spiro atoms. The zero-order chi connectivity index (χ0) is 51.8. The van der Waals surface area contributed by atoms with Gasteiger partial charge in [0.15, 0.2) is 10.8 Å². The van der Waals surface area contributed by atoms with Gasteiger partial charge in [-0.15, -0.1) is 0 Å². The Morgan fingerprint density at radius 2 is 1.74 bits per heavy atom. The van der Waals surface area contributed by atoms with Crippen LogP contribution in [0.4, 0.5) is 29.8 Å². The van der Waals surface area contributed by atoms with E-state index < -0.39 is 29.3 Å². The highest BCUT2D eigenvalue weighted by molar-refractivity contribution is 7.22. The van der Waals surface area contributed by atoms with Crippen molar-refractivity contribution in [2.75, 3.05) is 41.8 Å². The Bertz CT molecular complexity index is 3320. The van der Waals surface area contributed by atoms with Gasteiger partial charge in [0.2, 0.25) is 17.7 Å². The first kappa shape index (κ1) is 49.9. The number of pyridine rings is 1. The molecular formula is C54H52F3N9O7S. The molecular weight excluding hydrogens is 976 g/mol. The second-order valence-electron chi connectivity index (χ2n) is 19.1. The van der Waals surface area contributed by atoms with Crippen molar-refractivity contribution in [1.29, 1.82) is 0 Å². The van der Waals surface area contributed by atoms with E-state index in [9.17, 15) is 42.3 Å². The van der Waals surface area contributed by atoms with Gasteiger partial charge in [-0.1, -0.05) is 41.7 Å². The number of hydrogen-bond donors (Lipinski definition) is 4. The van der Waals surface area contributed by atoms with E-state index in [4.69, 9.17) is 4.74 Å². The molecule has 10 rings (SSSR count). The lowest BCUT2D eigenvalue weighted by molar-refractivity contribution is -0.137. The van der Waals surface area contributed by atoms with Gasteiger partial charge >= 0.3 is 12.1 Å². The number of para-hydroxylation sites is 1. The van der Waals surface area contributed by atoms with Gasteiger partial charge in [-0.3, -0.25) is 39.4 Å². The molecule has 0 bridgehead atoms. The lowest BCUT2D eigenvalue weighted by atomic mass is 9.88. The van der Waals surface area contributed by atoms with E-state index in [-0.39, 0.29) is 78.5 Å². The number of aryl methyl sites for hydroxylation is 1. The number of fused-ring (bicyclic) bond motifs is 3. The minimum atomic E-state index is -4.85. The highest BCUT2D eigenvalue weighted by atomic mass is 32.1. The van der Waals surface area contributed by atoms with Crippen LogP contribution in [0.15, 0.2) is 91.0 Å².